The SMILES string of the molecule is CCCCCCCCCCCCC(=O)NC(COP(=O)(O)OCC[N+](C)(C)C)C(O)CCCCCC. The molecule has 0 aliphatic heterocycles. The lowest BCUT2D eigenvalue weighted by molar-refractivity contribution is -0.870. The molecule has 0 aromatic carbocycles. The lowest BCUT2D eigenvalue weighted by Crippen LogP contribution is -2.46. The second-order valence-electron chi connectivity index (χ2n) is 11.1. The summed E-state index contributed by atoms with van der Waals surface area (Å²) in [7, 11) is 1.61. The Kier molecular flexibility index (Phi) is 21.1. The largest absolute Gasteiger partial charge is 0.472 e. The maximum Gasteiger partial charge on any atom is 0.472 e. The molecule has 0 aromatic heterocycles. The van der Waals surface area contributed by atoms with Gasteiger partial charge in [-0.05, 0) is 12.8 Å². The Morgan fingerprint density at radius 3 is 1.86 bits per heavy atom. The fraction of sp³-hybridized carbons (Fsp3) is 0.963. The minimum atomic E-state index is -4.27. The van der Waals surface area contributed by atoms with Crippen molar-refractivity contribution in [1.29, 1.82) is 0 Å². The van der Waals surface area contributed by atoms with E-state index in [2.05, 4.69) is 19.2 Å². The molecule has 3 atom stereocenters. The number of nitrogens with zero attached hydrogens (tertiary/aromatic N) is 1. The smallest absolute Gasteiger partial charge is 0.391 e. The van der Waals surface area contributed by atoms with Crippen molar-refractivity contribution >= 4 is 13.7 Å². The molecule has 0 aliphatic carbocycles. The third-order valence-corrected chi connectivity index (χ3v) is 7.34. The number of hydrogen-bond donors (Lipinski definition) is 3. The average Bonchev–Trinajstić information content (AvgIpc) is 2.79. The quantitative estimate of drug-likeness (QED) is 0.0755. The summed E-state index contributed by atoms with van der Waals surface area (Å²) in [6, 6.07) is -0.746. The maximum absolute atomic E-state index is 12.5. The van der Waals surface area contributed by atoms with Crippen LogP contribution in [0.3, 0.4) is 0 Å². The Hall–Kier alpha value is -0.500. The standard InChI is InChI=1S/C27H57N2O6P/c1-6-8-10-12-13-14-15-16-17-19-21-27(31)28-25(26(30)20-18-11-9-7-2)24-35-36(32,33)34-23-22-29(3,4)5/h25-26,30H,6-24H2,1-5H3,(H-,28,31,32,33)/p+1. The second kappa shape index (κ2) is 21.4. The normalized spacial score (nSPS) is 15.4. The predicted octanol–water partition coefficient (Wildman–Crippen LogP) is 5.95. The average molecular weight is 538 g/mol. The summed E-state index contributed by atoms with van der Waals surface area (Å²) in [5, 5.41) is 13.5. The van der Waals surface area contributed by atoms with Crippen LogP contribution in [0.4, 0.5) is 0 Å². The number of likely N-dealkylation sites (N-methyl/N-ethyl adjacent to an activating group) is 1. The highest BCUT2D eigenvalue weighted by Crippen LogP contribution is 2.43. The number of quaternary nitrogens is 1. The van der Waals surface area contributed by atoms with Crippen LogP contribution in [-0.4, -0.2) is 73.4 Å². The number of carbonyl (C=O) groups is 1. The van der Waals surface area contributed by atoms with Crippen LogP contribution in [0.2, 0.25) is 0 Å². The van der Waals surface area contributed by atoms with Gasteiger partial charge in [0.25, 0.3) is 0 Å². The molecule has 0 aliphatic rings. The summed E-state index contributed by atoms with van der Waals surface area (Å²) in [4.78, 5) is 22.6. The zero-order chi connectivity index (χ0) is 27.3. The first-order valence-corrected chi connectivity index (χ1v) is 15.9. The van der Waals surface area contributed by atoms with E-state index in [0.29, 0.717) is 23.9 Å². The van der Waals surface area contributed by atoms with Gasteiger partial charge in [0, 0.05) is 6.42 Å². The van der Waals surface area contributed by atoms with Crippen LogP contribution < -0.4 is 5.32 Å². The van der Waals surface area contributed by atoms with Gasteiger partial charge in [-0.3, -0.25) is 13.8 Å². The molecular weight excluding hydrogens is 479 g/mol. The number of rotatable bonds is 25. The molecule has 3 N–H and O–H groups in total. The molecule has 36 heavy (non-hydrogen) atoms. The van der Waals surface area contributed by atoms with Crippen LogP contribution >= 0.6 is 7.82 Å². The van der Waals surface area contributed by atoms with Crippen LogP contribution in [0.25, 0.3) is 0 Å². The van der Waals surface area contributed by atoms with Gasteiger partial charge in [-0.1, -0.05) is 97.3 Å². The third-order valence-electron chi connectivity index (χ3n) is 6.36. The molecular formula is C27H58N2O6P+. The van der Waals surface area contributed by atoms with Crippen molar-refractivity contribution in [3.8, 4) is 0 Å². The number of phosphoric acid groups is 1. The Labute approximate surface area is 221 Å². The summed E-state index contributed by atoms with van der Waals surface area (Å²) in [6.07, 6.45) is 16.0. The van der Waals surface area contributed by atoms with Gasteiger partial charge in [0.1, 0.15) is 13.2 Å². The van der Waals surface area contributed by atoms with E-state index in [9.17, 15) is 19.4 Å². The fourth-order valence-electron chi connectivity index (χ4n) is 3.92. The molecule has 0 aromatic rings. The molecule has 0 heterocycles. The van der Waals surface area contributed by atoms with E-state index in [1.807, 2.05) is 21.1 Å². The number of phosphoric ester groups is 1. The van der Waals surface area contributed by atoms with Crippen molar-refractivity contribution < 1.29 is 32.9 Å². The van der Waals surface area contributed by atoms with E-state index < -0.39 is 20.0 Å². The van der Waals surface area contributed by atoms with E-state index in [0.717, 1.165) is 44.9 Å². The number of nitrogens with one attached hydrogen (secondary N) is 1. The van der Waals surface area contributed by atoms with Crippen molar-refractivity contribution in [2.45, 2.75) is 129 Å². The van der Waals surface area contributed by atoms with Gasteiger partial charge in [0.15, 0.2) is 0 Å². The fourth-order valence-corrected chi connectivity index (χ4v) is 4.66. The lowest BCUT2D eigenvalue weighted by atomic mass is 10.0. The first-order chi connectivity index (χ1) is 17.0. The number of amides is 1. The Morgan fingerprint density at radius 1 is 0.833 bits per heavy atom. The summed E-state index contributed by atoms with van der Waals surface area (Å²) in [5.41, 5.74) is 0. The monoisotopic (exact) mass is 537 g/mol. The summed E-state index contributed by atoms with van der Waals surface area (Å²) in [5.74, 6) is -0.158. The topological polar surface area (TPSA) is 105 Å². The summed E-state index contributed by atoms with van der Waals surface area (Å²) >= 11 is 0. The molecule has 0 rings (SSSR count). The van der Waals surface area contributed by atoms with E-state index >= 15 is 0 Å². The highest BCUT2D eigenvalue weighted by atomic mass is 31.2. The third kappa shape index (κ3) is 22.7. The zero-order valence-corrected chi connectivity index (χ0v) is 24.9. The zero-order valence-electron chi connectivity index (χ0n) is 24.0. The molecule has 3 unspecified atom stereocenters. The first-order valence-electron chi connectivity index (χ1n) is 14.4. The molecule has 9 heteroatoms. The molecule has 0 spiro atoms. The van der Waals surface area contributed by atoms with Crippen LogP contribution in [0.1, 0.15) is 117 Å². The highest BCUT2D eigenvalue weighted by molar-refractivity contribution is 7.47. The van der Waals surface area contributed by atoms with Gasteiger partial charge < -0.3 is 19.8 Å². The highest BCUT2D eigenvalue weighted by Gasteiger charge is 2.28. The molecule has 8 nitrogen and oxygen atoms in total. The van der Waals surface area contributed by atoms with Crippen LogP contribution in [0, 0.1) is 0 Å². The molecule has 0 saturated carbocycles. The molecule has 216 valence electrons. The number of carbonyl (C=O) groups excluding carboxylic acids is 1. The summed E-state index contributed by atoms with van der Waals surface area (Å²) in [6.45, 7) is 4.71. The van der Waals surface area contributed by atoms with Gasteiger partial charge in [0.05, 0.1) is 39.9 Å². The molecule has 0 saturated heterocycles. The first kappa shape index (κ1) is 35.5. The summed E-state index contributed by atoms with van der Waals surface area (Å²) < 4.78 is 23.1. The number of aliphatic hydroxyl groups is 1. The molecule has 0 bridgehead atoms. The van der Waals surface area contributed by atoms with Crippen molar-refractivity contribution in [3.63, 3.8) is 0 Å². The van der Waals surface area contributed by atoms with Crippen LogP contribution in [0.15, 0.2) is 0 Å². The van der Waals surface area contributed by atoms with Crippen molar-refractivity contribution in [2.75, 3.05) is 40.9 Å². The Balaban J connectivity index is 4.47. The minimum absolute atomic E-state index is 0.0760. The number of unbranched alkanes of at least 4 members (excludes halogenated alkanes) is 12. The van der Waals surface area contributed by atoms with Crippen molar-refractivity contribution in [2.24, 2.45) is 0 Å². The number of hydrogen-bond acceptors (Lipinski definition) is 5. The van der Waals surface area contributed by atoms with Crippen LogP contribution in [0.5, 0.6) is 0 Å². The van der Waals surface area contributed by atoms with Crippen molar-refractivity contribution in [1.82, 2.24) is 5.32 Å². The molecule has 1 amide bonds. The van der Waals surface area contributed by atoms with Gasteiger partial charge in [-0.2, -0.15) is 0 Å². The number of aliphatic hydroxyl groups excluding tert-OH is 1. The lowest BCUT2D eigenvalue weighted by Gasteiger charge is -2.26. The molecule has 0 fully saturated rings. The molecule has 0 radical (unpaired) electrons. The van der Waals surface area contributed by atoms with Crippen LogP contribution in [-0.2, 0) is 18.4 Å². The van der Waals surface area contributed by atoms with Gasteiger partial charge >= 0.3 is 7.82 Å². The Bertz CT molecular complexity index is 585. The van der Waals surface area contributed by atoms with Gasteiger partial charge in [0.2, 0.25) is 5.91 Å². The minimum Gasteiger partial charge on any atom is -0.391 e. The van der Waals surface area contributed by atoms with Gasteiger partial charge in [-0.25, -0.2) is 4.57 Å². The van der Waals surface area contributed by atoms with E-state index in [4.69, 9.17) is 9.05 Å². The van der Waals surface area contributed by atoms with Crippen molar-refractivity contribution in [3.05, 3.63) is 0 Å². The van der Waals surface area contributed by atoms with E-state index in [1.54, 1.807) is 0 Å². The second-order valence-corrected chi connectivity index (χ2v) is 12.6. The van der Waals surface area contributed by atoms with E-state index in [-0.39, 0.29) is 19.1 Å². The van der Waals surface area contributed by atoms with E-state index in [1.165, 1.54) is 44.9 Å². The Morgan fingerprint density at radius 2 is 1.33 bits per heavy atom. The predicted molar refractivity (Wildman–Crippen MR) is 148 cm³/mol. The maximum atomic E-state index is 12.5. The van der Waals surface area contributed by atoms with Gasteiger partial charge in [-0.15, -0.1) is 0 Å².